The Morgan fingerprint density at radius 1 is 0.821 bits per heavy atom. The van der Waals surface area contributed by atoms with Gasteiger partial charge in [-0.2, -0.15) is 0 Å². The van der Waals surface area contributed by atoms with Crippen LogP contribution in [0.5, 0.6) is 0 Å². The van der Waals surface area contributed by atoms with Gasteiger partial charge in [-0.15, -0.1) is 0 Å². The fourth-order valence-corrected chi connectivity index (χ4v) is 3.10. The Hall–Kier alpha value is -3.51. The molecule has 0 aliphatic heterocycles. The highest BCUT2D eigenvalue weighted by Gasteiger charge is 2.46. The molecule has 1 fully saturated rings. The third kappa shape index (κ3) is 4.42. The van der Waals surface area contributed by atoms with Gasteiger partial charge in [-0.1, -0.05) is 72.5 Å². The van der Waals surface area contributed by atoms with Crippen molar-refractivity contribution in [2.45, 2.75) is 25.0 Å². The average molecular weight is 367 g/mol. The predicted molar refractivity (Wildman–Crippen MR) is 110 cm³/mol. The number of nitrogens with one attached hydrogen (secondary N) is 1. The van der Waals surface area contributed by atoms with Crippen LogP contribution in [-0.2, 0) is 16.9 Å². The maximum absolute atomic E-state index is 12.2. The lowest BCUT2D eigenvalue weighted by atomic mass is 10.0. The molecule has 0 saturated heterocycles. The smallest absolute Gasteiger partial charge is 0.408 e. The lowest BCUT2D eigenvalue weighted by Crippen LogP contribution is -2.35. The van der Waals surface area contributed by atoms with Gasteiger partial charge in [0.1, 0.15) is 6.61 Å². The van der Waals surface area contributed by atoms with E-state index in [9.17, 15) is 4.79 Å². The highest BCUT2D eigenvalue weighted by Crippen LogP contribution is 2.45. The standard InChI is InChI=1S/C25H21NO2/c27-24(28-19-22-9-5-2-6-10-22)26-25(17-18-25)23-15-13-21(14-16-23)12-11-20-7-3-1-4-8-20/h1-10,13-16H,17-19H2,(H,26,27). The molecule has 1 aliphatic rings. The van der Waals surface area contributed by atoms with Crippen molar-refractivity contribution in [3.05, 3.63) is 107 Å². The summed E-state index contributed by atoms with van der Waals surface area (Å²) in [6.07, 6.45) is 1.46. The molecule has 0 radical (unpaired) electrons. The predicted octanol–water partition coefficient (Wildman–Crippen LogP) is 5.00. The normalized spacial score (nSPS) is 13.7. The molecule has 0 aromatic heterocycles. The van der Waals surface area contributed by atoms with Gasteiger partial charge in [0.05, 0.1) is 5.54 Å². The van der Waals surface area contributed by atoms with Crippen molar-refractivity contribution < 1.29 is 9.53 Å². The number of carbonyl (C=O) groups is 1. The SMILES string of the molecule is O=C(NC1(c2ccc(C#Cc3ccccc3)cc2)CC1)OCc1ccccc1. The zero-order valence-electron chi connectivity index (χ0n) is 15.5. The first-order valence-electron chi connectivity index (χ1n) is 9.40. The Bertz CT molecular complexity index is 995. The van der Waals surface area contributed by atoms with Gasteiger partial charge in [0.25, 0.3) is 0 Å². The largest absolute Gasteiger partial charge is 0.445 e. The van der Waals surface area contributed by atoms with E-state index in [-0.39, 0.29) is 18.2 Å². The molecule has 0 bridgehead atoms. The van der Waals surface area contributed by atoms with Crippen LogP contribution in [0.1, 0.15) is 35.1 Å². The number of carbonyl (C=O) groups excluding carboxylic acids is 1. The molecule has 3 aromatic carbocycles. The second-order valence-electron chi connectivity index (χ2n) is 6.96. The minimum Gasteiger partial charge on any atom is -0.445 e. The molecule has 3 heteroatoms. The summed E-state index contributed by atoms with van der Waals surface area (Å²) >= 11 is 0. The van der Waals surface area contributed by atoms with Crippen LogP contribution in [0, 0.1) is 11.8 Å². The second kappa shape index (κ2) is 8.02. The maximum atomic E-state index is 12.2. The summed E-state index contributed by atoms with van der Waals surface area (Å²) in [6, 6.07) is 27.7. The fourth-order valence-electron chi connectivity index (χ4n) is 3.10. The van der Waals surface area contributed by atoms with E-state index in [2.05, 4.69) is 17.2 Å². The van der Waals surface area contributed by atoms with Gasteiger partial charge >= 0.3 is 6.09 Å². The van der Waals surface area contributed by atoms with E-state index < -0.39 is 0 Å². The highest BCUT2D eigenvalue weighted by atomic mass is 16.5. The van der Waals surface area contributed by atoms with Gasteiger partial charge in [-0.05, 0) is 48.2 Å². The zero-order chi connectivity index (χ0) is 19.2. The first-order chi connectivity index (χ1) is 13.7. The summed E-state index contributed by atoms with van der Waals surface area (Å²) in [4.78, 5) is 12.2. The van der Waals surface area contributed by atoms with Crippen molar-refractivity contribution in [3.63, 3.8) is 0 Å². The van der Waals surface area contributed by atoms with Crippen molar-refractivity contribution in [3.8, 4) is 11.8 Å². The monoisotopic (exact) mass is 367 g/mol. The summed E-state index contributed by atoms with van der Waals surface area (Å²) in [7, 11) is 0. The van der Waals surface area contributed by atoms with Crippen LogP contribution in [0.25, 0.3) is 0 Å². The number of alkyl carbamates (subject to hydrolysis) is 1. The van der Waals surface area contributed by atoms with Crippen molar-refractivity contribution in [2.75, 3.05) is 0 Å². The van der Waals surface area contributed by atoms with Crippen LogP contribution in [0.2, 0.25) is 0 Å². The second-order valence-corrected chi connectivity index (χ2v) is 6.96. The molecular weight excluding hydrogens is 346 g/mol. The molecule has 1 saturated carbocycles. The Labute approximate surface area is 165 Å². The Morgan fingerprint density at radius 2 is 1.39 bits per heavy atom. The number of hydrogen-bond donors (Lipinski definition) is 1. The van der Waals surface area contributed by atoms with Crippen molar-refractivity contribution >= 4 is 6.09 Å². The quantitative estimate of drug-likeness (QED) is 0.659. The lowest BCUT2D eigenvalue weighted by molar-refractivity contribution is 0.134. The van der Waals surface area contributed by atoms with Gasteiger partial charge in [0, 0.05) is 11.1 Å². The first kappa shape index (κ1) is 17.9. The fraction of sp³-hybridized carbons (Fsp3) is 0.160. The molecule has 3 nitrogen and oxygen atoms in total. The molecule has 138 valence electrons. The van der Waals surface area contributed by atoms with Gasteiger partial charge in [0.2, 0.25) is 0 Å². The van der Waals surface area contributed by atoms with E-state index in [4.69, 9.17) is 4.74 Å². The van der Waals surface area contributed by atoms with Crippen LogP contribution in [0.15, 0.2) is 84.9 Å². The summed E-state index contributed by atoms with van der Waals surface area (Å²) in [5, 5.41) is 3.03. The van der Waals surface area contributed by atoms with Crippen LogP contribution < -0.4 is 5.32 Å². The van der Waals surface area contributed by atoms with E-state index in [1.54, 1.807) is 0 Å². The van der Waals surface area contributed by atoms with Crippen molar-refractivity contribution in [1.82, 2.24) is 5.32 Å². The van der Waals surface area contributed by atoms with Crippen LogP contribution in [0.4, 0.5) is 4.79 Å². The number of ether oxygens (including phenoxy) is 1. The van der Waals surface area contributed by atoms with E-state index in [0.29, 0.717) is 0 Å². The lowest BCUT2D eigenvalue weighted by Gasteiger charge is -2.18. The number of amides is 1. The summed E-state index contributed by atoms with van der Waals surface area (Å²) in [5.74, 6) is 6.34. The van der Waals surface area contributed by atoms with Crippen LogP contribution in [-0.4, -0.2) is 6.09 Å². The molecule has 1 amide bonds. The van der Waals surface area contributed by atoms with E-state index in [1.807, 2.05) is 84.9 Å². The van der Waals surface area contributed by atoms with Crippen molar-refractivity contribution in [1.29, 1.82) is 0 Å². The molecule has 4 rings (SSSR count). The molecule has 3 aromatic rings. The third-order valence-corrected chi connectivity index (χ3v) is 4.87. The van der Waals surface area contributed by atoms with Crippen molar-refractivity contribution in [2.24, 2.45) is 0 Å². The average Bonchev–Trinajstić information content (AvgIpc) is 3.53. The number of rotatable bonds is 4. The Balaban J connectivity index is 1.37. The molecule has 0 heterocycles. The molecule has 1 aliphatic carbocycles. The summed E-state index contributed by atoms with van der Waals surface area (Å²) in [6.45, 7) is 0.275. The van der Waals surface area contributed by atoms with Gasteiger partial charge in [-0.3, -0.25) is 0 Å². The van der Waals surface area contributed by atoms with E-state index >= 15 is 0 Å². The summed E-state index contributed by atoms with van der Waals surface area (Å²) in [5.41, 5.74) is 3.71. The first-order valence-corrected chi connectivity index (χ1v) is 9.40. The molecule has 0 atom stereocenters. The van der Waals surface area contributed by atoms with Gasteiger partial charge in [0.15, 0.2) is 0 Å². The zero-order valence-corrected chi connectivity index (χ0v) is 15.5. The molecular formula is C25H21NO2. The van der Waals surface area contributed by atoms with Crippen LogP contribution in [0.3, 0.4) is 0 Å². The number of benzene rings is 3. The molecule has 28 heavy (non-hydrogen) atoms. The Morgan fingerprint density at radius 3 is 2.00 bits per heavy atom. The molecule has 1 N–H and O–H groups in total. The van der Waals surface area contributed by atoms with E-state index in [0.717, 1.165) is 35.1 Å². The minimum atomic E-state index is -0.380. The molecule has 0 spiro atoms. The highest BCUT2D eigenvalue weighted by molar-refractivity contribution is 5.69. The van der Waals surface area contributed by atoms with E-state index in [1.165, 1.54) is 0 Å². The summed E-state index contributed by atoms with van der Waals surface area (Å²) < 4.78 is 5.36. The maximum Gasteiger partial charge on any atom is 0.408 e. The van der Waals surface area contributed by atoms with Gasteiger partial charge < -0.3 is 10.1 Å². The molecule has 0 unspecified atom stereocenters. The topological polar surface area (TPSA) is 38.3 Å². The Kier molecular flexibility index (Phi) is 5.12. The number of hydrogen-bond acceptors (Lipinski definition) is 2. The minimum absolute atomic E-state index is 0.275. The third-order valence-electron chi connectivity index (χ3n) is 4.87. The van der Waals surface area contributed by atoms with Gasteiger partial charge in [-0.25, -0.2) is 4.79 Å². The van der Waals surface area contributed by atoms with Crippen LogP contribution >= 0.6 is 0 Å².